The average Bonchev–Trinajstić information content (AvgIpc) is 3.69. The van der Waals surface area contributed by atoms with Crippen LogP contribution in [0.25, 0.3) is 10.2 Å². The zero-order valence-corrected chi connectivity index (χ0v) is 33.3. The first kappa shape index (κ1) is 38.8. The summed E-state index contributed by atoms with van der Waals surface area (Å²) in [5, 5.41) is 9.80. The van der Waals surface area contributed by atoms with E-state index in [0.717, 1.165) is 46.1 Å². The molecule has 1 fully saturated rings. The second-order valence-electron chi connectivity index (χ2n) is 13.7. The number of ether oxygens (including phenoxy) is 4. The van der Waals surface area contributed by atoms with Crippen LogP contribution in [0.15, 0.2) is 35.3 Å². The number of aromatic nitrogens is 4. The van der Waals surface area contributed by atoms with Crippen LogP contribution in [0.3, 0.4) is 0 Å². The molecular weight excluding hydrogens is 701 g/mol. The summed E-state index contributed by atoms with van der Waals surface area (Å²) in [6.07, 6.45) is 6.74. The van der Waals surface area contributed by atoms with Crippen molar-refractivity contribution in [2.75, 3.05) is 45.0 Å². The van der Waals surface area contributed by atoms with Crippen LogP contribution in [0, 0.1) is 18.8 Å². The normalized spacial score (nSPS) is 14.1. The highest BCUT2D eigenvalue weighted by Crippen LogP contribution is 2.33. The van der Waals surface area contributed by atoms with Crippen molar-refractivity contribution in [3.63, 3.8) is 0 Å². The van der Waals surface area contributed by atoms with E-state index in [4.69, 9.17) is 28.9 Å². The fourth-order valence-corrected chi connectivity index (χ4v) is 8.33. The van der Waals surface area contributed by atoms with Crippen molar-refractivity contribution in [3.05, 3.63) is 51.3 Å². The van der Waals surface area contributed by atoms with Crippen molar-refractivity contribution < 1.29 is 23.7 Å². The van der Waals surface area contributed by atoms with Crippen molar-refractivity contribution in [2.24, 2.45) is 4.99 Å². The summed E-state index contributed by atoms with van der Waals surface area (Å²) in [5.74, 6) is 6.86. The molecular formula is C37H50N6O5S2Si. The molecule has 274 valence electrons. The number of carbonyl (C=O) groups excluding carboxylic acids is 1. The van der Waals surface area contributed by atoms with E-state index in [0.29, 0.717) is 54.6 Å². The number of hydrogen-bond acceptors (Lipinski definition) is 12. The second kappa shape index (κ2) is 18.9. The van der Waals surface area contributed by atoms with Gasteiger partial charge in [-0.3, -0.25) is 4.57 Å². The van der Waals surface area contributed by atoms with Gasteiger partial charge in [0.25, 0.3) is 0 Å². The molecule has 14 heteroatoms. The Kier molecular flexibility index (Phi) is 14.3. The molecule has 4 aromatic rings. The fraction of sp³-hybridized carbons (Fsp3) is 0.541. The number of esters is 1. The Bertz CT molecular complexity index is 1880. The summed E-state index contributed by atoms with van der Waals surface area (Å²) in [5.41, 5.74) is 2.11. The molecule has 0 atom stereocenters. The average molecular weight is 751 g/mol. The van der Waals surface area contributed by atoms with Gasteiger partial charge in [-0.25, -0.2) is 9.78 Å². The topological polar surface area (TPSA) is 113 Å². The molecule has 0 unspecified atom stereocenters. The summed E-state index contributed by atoms with van der Waals surface area (Å²) in [6.45, 7) is 13.6. The van der Waals surface area contributed by atoms with Gasteiger partial charge in [-0.1, -0.05) is 85.6 Å². The summed E-state index contributed by atoms with van der Waals surface area (Å²) in [7, 11) is 0.461. The molecule has 0 N–H and O–H groups in total. The third-order valence-corrected chi connectivity index (χ3v) is 12.2. The standard InChI is InChI=1S/C37H50N6O5S2Si/c1-7-47-35(44)33-31(19-13-22-48-28-15-9-8-10-16-28)50-36(38-33)42(20-14-21-45-3)32-25-27(2)34(41-40-32)39-37-43(26-46-23-24-51(4,5)6)29-17-11-12-18-30(29)49-37/h11-12,17-18,25,28H,7-10,14-16,20-24,26H2,1-6H3. The van der Waals surface area contributed by atoms with Gasteiger partial charge >= 0.3 is 5.97 Å². The summed E-state index contributed by atoms with van der Waals surface area (Å²) in [6, 6.07) is 11.3. The lowest BCUT2D eigenvalue weighted by atomic mass is 9.98. The molecule has 0 saturated heterocycles. The Morgan fingerprint density at radius 1 is 1.12 bits per heavy atom. The molecule has 11 nitrogen and oxygen atoms in total. The Morgan fingerprint density at radius 2 is 1.92 bits per heavy atom. The molecule has 3 heterocycles. The quantitative estimate of drug-likeness (QED) is 0.0489. The number of methoxy groups -OCH3 is 1. The van der Waals surface area contributed by atoms with E-state index in [9.17, 15) is 4.79 Å². The molecule has 51 heavy (non-hydrogen) atoms. The Hall–Kier alpha value is -3.45. The molecule has 1 aliphatic carbocycles. The van der Waals surface area contributed by atoms with Crippen LogP contribution in [-0.4, -0.2) is 80.0 Å². The largest absolute Gasteiger partial charge is 0.461 e. The Balaban J connectivity index is 1.44. The first-order valence-electron chi connectivity index (χ1n) is 17.8. The van der Waals surface area contributed by atoms with Crippen molar-refractivity contribution in [1.29, 1.82) is 0 Å². The van der Waals surface area contributed by atoms with Gasteiger partial charge in [0, 0.05) is 34.9 Å². The molecule has 0 amide bonds. The van der Waals surface area contributed by atoms with Crippen LogP contribution in [0.4, 0.5) is 16.8 Å². The summed E-state index contributed by atoms with van der Waals surface area (Å²) in [4.78, 5) is 26.0. The molecule has 1 aliphatic rings. The minimum atomic E-state index is -1.21. The van der Waals surface area contributed by atoms with E-state index in [-0.39, 0.29) is 18.4 Å². The van der Waals surface area contributed by atoms with Crippen LogP contribution >= 0.6 is 22.7 Å². The third kappa shape index (κ3) is 11.0. The minimum Gasteiger partial charge on any atom is -0.461 e. The highest BCUT2D eigenvalue weighted by molar-refractivity contribution is 7.16. The van der Waals surface area contributed by atoms with Gasteiger partial charge in [0.2, 0.25) is 0 Å². The van der Waals surface area contributed by atoms with Crippen molar-refractivity contribution in [2.45, 2.75) is 90.9 Å². The lowest BCUT2D eigenvalue weighted by molar-refractivity contribution is 0.0496. The van der Waals surface area contributed by atoms with E-state index < -0.39 is 14.0 Å². The lowest BCUT2D eigenvalue weighted by Gasteiger charge is -2.20. The molecule has 0 aliphatic heterocycles. The smallest absolute Gasteiger partial charge is 0.359 e. The predicted octanol–water partition coefficient (Wildman–Crippen LogP) is 7.85. The number of rotatable bonds is 16. The number of benzene rings is 1. The van der Waals surface area contributed by atoms with Gasteiger partial charge in [-0.15, -0.1) is 10.2 Å². The van der Waals surface area contributed by atoms with E-state index in [1.165, 1.54) is 30.6 Å². The third-order valence-electron chi connectivity index (χ3n) is 8.42. The molecule has 0 spiro atoms. The maximum Gasteiger partial charge on any atom is 0.359 e. The number of aryl methyl sites for hydroxylation is 1. The number of carbonyl (C=O) groups is 1. The van der Waals surface area contributed by atoms with Gasteiger partial charge in [-0.05, 0) is 62.9 Å². The van der Waals surface area contributed by atoms with Gasteiger partial charge < -0.3 is 23.8 Å². The number of fused-ring (bicyclic) bond motifs is 1. The van der Waals surface area contributed by atoms with E-state index in [2.05, 4.69) is 58.4 Å². The SMILES string of the molecule is CCOC(=O)c1nc(N(CCCOC)c2cc(C)c(N=c3sc4ccccc4n3COCC[Si](C)(C)C)nn2)sc1C#CCOC1CCCCC1. The summed E-state index contributed by atoms with van der Waals surface area (Å²) >= 11 is 2.93. The molecule has 0 bridgehead atoms. The number of hydrogen-bond donors (Lipinski definition) is 0. The monoisotopic (exact) mass is 750 g/mol. The van der Waals surface area contributed by atoms with E-state index >= 15 is 0 Å². The first-order valence-corrected chi connectivity index (χ1v) is 23.1. The van der Waals surface area contributed by atoms with Crippen molar-refractivity contribution in [3.8, 4) is 11.8 Å². The number of nitrogens with zero attached hydrogens (tertiary/aromatic N) is 6. The maximum atomic E-state index is 13.0. The van der Waals surface area contributed by atoms with Crippen LogP contribution < -0.4 is 9.70 Å². The van der Waals surface area contributed by atoms with Crippen molar-refractivity contribution in [1.82, 2.24) is 19.7 Å². The molecule has 1 aromatic carbocycles. The van der Waals surface area contributed by atoms with Crippen LogP contribution in [0.2, 0.25) is 25.7 Å². The van der Waals surface area contributed by atoms with E-state index in [1.807, 2.05) is 30.0 Å². The Labute approximate surface area is 310 Å². The van der Waals surface area contributed by atoms with Crippen LogP contribution in [-0.2, 0) is 25.7 Å². The maximum absolute atomic E-state index is 13.0. The zero-order valence-electron chi connectivity index (χ0n) is 30.7. The summed E-state index contributed by atoms with van der Waals surface area (Å²) < 4.78 is 26.1. The van der Waals surface area contributed by atoms with Gasteiger partial charge in [0.15, 0.2) is 27.3 Å². The predicted molar refractivity (Wildman–Crippen MR) is 207 cm³/mol. The molecule has 1 saturated carbocycles. The number of thiazole rings is 2. The minimum absolute atomic E-state index is 0.191. The van der Waals surface area contributed by atoms with E-state index in [1.54, 1.807) is 25.4 Å². The first-order chi connectivity index (χ1) is 24.7. The van der Waals surface area contributed by atoms with Gasteiger partial charge in [0.1, 0.15) is 18.2 Å². The molecule has 3 aromatic heterocycles. The van der Waals surface area contributed by atoms with Gasteiger partial charge in [-0.2, -0.15) is 4.99 Å². The second-order valence-corrected chi connectivity index (χ2v) is 21.3. The van der Waals surface area contributed by atoms with Crippen LogP contribution in [0.1, 0.15) is 66.4 Å². The Morgan fingerprint density at radius 3 is 2.67 bits per heavy atom. The number of anilines is 2. The number of para-hydroxylation sites is 1. The lowest BCUT2D eigenvalue weighted by Crippen LogP contribution is -2.23. The fourth-order valence-electron chi connectivity index (χ4n) is 5.59. The van der Waals surface area contributed by atoms with Gasteiger partial charge in [0.05, 0.1) is 22.9 Å². The molecule has 0 radical (unpaired) electrons. The highest BCUT2D eigenvalue weighted by atomic mass is 32.1. The molecule has 5 rings (SSSR count). The van der Waals surface area contributed by atoms with Crippen molar-refractivity contribution >= 4 is 63.7 Å². The van der Waals surface area contributed by atoms with Crippen LogP contribution in [0.5, 0.6) is 0 Å². The zero-order chi connectivity index (χ0) is 36.2. The highest BCUT2D eigenvalue weighted by Gasteiger charge is 2.24.